The predicted molar refractivity (Wildman–Crippen MR) is 79.3 cm³/mol. The van der Waals surface area contributed by atoms with Gasteiger partial charge in [0.05, 0.1) is 4.47 Å². The molecule has 1 aromatic carbocycles. The van der Waals surface area contributed by atoms with Crippen molar-refractivity contribution in [2.45, 2.75) is 27.3 Å². The summed E-state index contributed by atoms with van der Waals surface area (Å²) in [5, 5.41) is 0. The van der Waals surface area contributed by atoms with Gasteiger partial charge in [-0.15, -0.1) is 0 Å². The third-order valence-corrected chi connectivity index (χ3v) is 3.55. The van der Waals surface area contributed by atoms with Crippen LogP contribution in [0.3, 0.4) is 0 Å². The van der Waals surface area contributed by atoms with E-state index < -0.39 is 0 Å². The first-order valence-corrected chi connectivity index (χ1v) is 6.97. The molecule has 0 atom stereocenters. The van der Waals surface area contributed by atoms with Crippen molar-refractivity contribution in [3.8, 4) is 11.3 Å². The first-order chi connectivity index (χ1) is 8.90. The number of imidazole rings is 1. The molecule has 2 rings (SSSR count). The predicted octanol–water partition coefficient (Wildman–Crippen LogP) is 4.00. The van der Waals surface area contributed by atoms with Crippen LogP contribution in [0.25, 0.3) is 11.3 Å². The minimum Gasteiger partial charge on any atom is -0.383 e. The molecule has 0 spiro atoms. The summed E-state index contributed by atoms with van der Waals surface area (Å²) in [7, 11) is 0. The Morgan fingerprint density at radius 3 is 2.68 bits per heavy atom. The number of aromatic nitrogens is 2. The number of nitrogens with zero attached hydrogens (tertiary/aromatic N) is 2. The molecule has 0 unspecified atom stereocenters. The molecule has 0 fully saturated rings. The molecule has 0 bridgehead atoms. The molecule has 0 radical (unpaired) electrons. The third-order valence-electron chi connectivity index (χ3n) is 2.94. The Balaban J connectivity index is 2.48. The molecule has 1 heterocycles. The molecule has 2 N–H and O–H groups in total. The van der Waals surface area contributed by atoms with E-state index in [4.69, 9.17) is 5.73 Å². The zero-order chi connectivity index (χ0) is 14.2. The summed E-state index contributed by atoms with van der Waals surface area (Å²) in [6.07, 6.45) is 0. The van der Waals surface area contributed by atoms with Crippen molar-refractivity contribution in [3.63, 3.8) is 0 Å². The molecule has 1 aromatic heterocycles. The normalized spacial score (nSPS) is 11.3. The maximum Gasteiger partial charge on any atom is 0.137 e. The van der Waals surface area contributed by atoms with Gasteiger partial charge >= 0.3 is 0 Å². The molecular formula is C14H17BrFN3. The SMILES string of the molecule is Cc1nc(-c2ccc(F)c(Br)c2)c(N)n1CC(C)C. The van der Waals surface area contributed by atoms with Gasteiger partial charge in [0, 0.05) is 12.1 Å². The van der Waals surface area contributed by atoms with Crippen LogP contribution in [0.1, 0.15) is 19.7 Å². The van der Waals surface area contributed by atoms with Crippen molar-refractivity contribution < 1.29 is 4.39 Å². The highest BCUT2D eigenvalue weighted by atomic mass is 79.9. The minimum absolute atomic E-state index is 0.291. The molecule has 19 heavy (non-hydrogen) atoms. The summed E-state index contributed by atoms with van der Waals surface area (Å²) >= 11 is 3.18. The second-order valence-corrected chi connectivity index (χ2v) is 5.88. The van der Waals surface area contributed by atoms with Gasteiger partial charge in [-0.1, -0.05) is 13.8 Å². The van der Waals surface area contributed by atoms with E-state index in [2.05, 4.69) is 34.8 Å². The lowest BCUT2D eigenvalue weighted by molar-refractivity contribution is 0.518. The van der Waals surface area contributed by atoms with Gasteiger partial charge in [0.1, 0.15) is 23.2 Å². The number of nitrogens with two attached hydrogens (primary N) is 1. The smallest absolute Gasteiger partial charge is 0.137 e. The average molecular weight is 326 g/mol. The standard InChI is InChI=1S/C14H17BrFN3/c1-8(2)7-19-9(3)18-13(14(19)17)10-4-5-12(16)11(15)6-10/h4-6,8H,7,17H2,1-3H3. The summed E-state index contributed by atoms with van der Waals surface area (Å²) in [6.45, 7) is 7.02. The van der Waals surface area contributed by atoms with Crippen LogP contribution in [-0.2, 0) is 6.54 Å². The summed E-state index contributed by atoms with van der Waals surface area (Å²) < 4.78 is 15.7. The van der Waals surface area contributed by atoms with Crippen LogP contribution in [0.15, 0.2) is 22.7 Å². The lowest BCUT2D eigenvalue weighted by Gasteiger charge is -2.10. The van der Waals surface area contributed by atoms with Crippen LogP contribution in [0.4, 0.5) is 10.2 Å². The van der Waals surface area contributed by atoms with Crippen LogP contribution in [0.2, 0.25) is 0 Å². The topological polar surface area (TPSA) is 43.8 Å². The first kappa shape index (κ1) is 14.1. The molecule has 0 aliphatic rings. The molecule has 3 nitrogen and oxygen atoms in total. The van der Waals surface area contributed by atoms with E-state index in [0.29, 0.717) is 21.9 Å². The fourth-order valence-corrected chi connectivity index (χ4v) is 2.41. The Kier molecular flexibility index (Phi) is 3.94. The van der Waals surface area contributed by atoms with E-state index in [9.17, 15) is 4.39 Å². The summed E-state index contributed by atoms with van der Waals surface area (Å²) in [5.74, 6) is 1.70. The number of rotatable bonds is 3. The second-order valence-electron chi connectivity index (χ2n) is 5.03. The average Bonchev–Trinajstić information content (AvgIpc) is 2.60. The summed E-state index contributed by atoms with van der Waals surface area (Å²) in [5.41, 5.74) is 7.69. The molecule has 2 aromatic rings. The van der Waals surface area contributed by atoms with E-state index in [0.717, 1.165) is 17.9 Å². The lowest BCUT2D eigenvalue weighted by atomic mass is 10.1. The van der Waals surface area contributed by atoms with Crippen molar-refractivity contribution >= 4 is 21.7 Å². The largest absolute Gasteiger partial charge is 0.383 e. The van der Waals surface area contributed by atoms with Gasteiger partial charge in [-0.2, -0.15) is 0 Å². The Morgan fingerprint density at radius 1 is 1.42 bits per heavy atom. The van der Waals surface area contributed by atoms with E-state index >= 15 is 0 Å². The maximum absolute atomic E-state index is 13.3. The Bertz CT molecular complexity index is 605. The number of halogens is 2. The number of benzene rings is 1. The Morgan fingerprint density at radius 2 is 2.11 bits per heavy atom. The molecule has 0 aliphatic carbocycles. The van der Waals surface area contributed by atoms with Gasteiger partial charge in [0.25, 0.3) is 0 Å². The lowest BCUT2D eigenvalue weighted by Crippen LogP contribution is -2.09. The fraction of sp³-hybridized carbons (Fsp3) is 0.357. The van der Waals surface area contributed by atoms with Crippen molar-refractivity contribution in [3.05, 3.63) is 34.3 Å². The molecule has 102 valence electrons. The zero-order valence-electron chi connectivity index (χ0n) is 11.2. The minimum atomic E-state index is -0.291. The molecule has 5 heteroatoms. The van der Waals surface area contributed by atoms with Crippen LogP contribution in [-0.4, -0.2) is 9.55 Å². The van der Waals surface area contributed by atoms with Crippen LogP contribution in [0, 0.1) is 18.7 Å². The number of hydrogen-bond donors (Lipinski definition) is 1. The van der Waals surface area contributed by atoms with Crippen molar-refractivity contribution in [2.75, 3.05) is 5.73 Å². The van der Waals surface area contributed by atoms with Crippen LogP contribution in [0.5, 0.6) is 0 Å². The van der Waals surface area contributed by atoms with Crippen molar-refractivity contribution in [1.29, 1.82) is 0 Å². The monoisotopic (exact) mass is 325 g/mol. The van der Waals surface area contributed by atoms with Gasteiger partial charge in [-0.25, -0.2) is 9.37 Å². The quantitative estimate of drug-likeness (QED) is 0.926. The van der Waals surface area contributed by atoms with Crippen LogP contribution >= 0.6 is 15.9 Å². The Labute approximate surface area is 120 Å². The number of nitrogen functional groups attached to an aromatic ring is 1. The first-order valence-electron chi connectivity index (χ1n) is 6.18. The third kappa shape index (κ3) is 2.81. The molecule has 0 aliphatic heterocycles. The van der Waals surface area contributed by atoms with Crippen molar-refractivity contribution in [1.82, 2.24) is 9.55 Å². The highest BCUT2D eigenvalue weighted by Crippen LogP contribution is 2.29. The van der Waals surface area contributed by atoms with Crippen molar-refractivity contribution in [2.24, 2.45) is 5.92 Å². The molecule has 0 amide bonds. The zero-order valence-corrected chi connectivity index (χ0v) is 12.8. The van der Waals surface area contributed by atoms with Crippen LogP contribution < -0.4 is 5.73 Å². The van der Waals surface area contributed by atoms with E-state index in [1.807, 2.05) is 11.5 Å². The highest BCUT2D eigenvalue weighted by Gasteiger charge is 2.15. The fourth-order valence-electron chi connectivity index (χ4n) is 2.03. The van der Waals surface area contributed by atoms with E-state index in [-0.39, 0.29) is 5.82 Å². The van der Waals surface area contributed by atoms with Gasteiger partial charge in [0.2, 0.25) is 0 Å². The Hall–Kier alpha value is -1.36. The van der Waals surface area contributed by atoms with E-state index in [1.54, 1.807) is 12.1 Å². The number of hydrogen-bond acceptors (Lipinski definition) is 2. The second kappa shape index (κ2) is 5.33. The summed E-state index contributed by atoms with van der Waals surface area (Å²) in [4.78, 5) is 4.50. The van der Waals surface area contributed by atoms with Gasteiger partial charge in [-0.3, -0.25) is 0 Å². The van der Waals surface area contributed by atoms with Gasteiger partial charge < -0.3 is 10.3 Å². The summed E-state index contributed by atoms with van der Waals surface area (Å²) in [6, 6.07) is 4.81. The highest BCUT2D eigenvalue weighted by molar-refractivity contribution is 9.10. The number of anilines is 1. The molecule has 0 saturated carbocycles. The van der Waals surface area contributed by atoms with E-state index in [1.165, 1.54) is 6.07 Å². The number of aryl methyl sites for hydroxylation is 1. The maximum atomic E-state index is 13.3. The van der Waals surface area contributed by atoms with Gasteiger partial charge in [0.15, 0.2) is 0 Å². The molecule has 0 saturated heterocycles. The van der Waals surface area contributed by atoms with Gasteiger partial charge in [-0.05, 0) is 47.0 Å². The molecular weight excluding hydrogens is 309 g/mol.